The van der Waals surface area contributed by atoms with E-state index in [1.54, 1.807) is 7.05 Å². The van der Waals surface area contributed by atoms with Crippen molar-refractivity contribution in [3.8, 4) is 0 Å². The zero-order valence-corrected chi connectivity index (χ0v) is 7.18. The zero-order chi connectivity index (χ0) is 8.32. The number of amides is 1. The lowest BCUT2D eigenvalue weighted by atomic mass is 9.80. The molecular formula is C9H15NO. The van der Waals surface area contributed by atoms with E-state index in [4.69, 9.17) is 0 Å². The Morgan fingerprint density at radius 3 is 2.82 bits per heavy atom. The maximum atomic E-state index is 11.3. The van der Waals surface area contributed by atoms with Crippen LogP contribution in [-0.4, -0.2) is 13.0 Å². The van der Waals surface area contributed by atoms with Crippen molar-refractivity contribution in [3.63, 3.8) is 0 Å². The van der Waals surface area contributed by atoms with Crippen LogP contribution in [0, 0.1) is 5.41 Å². The Kier molecular flexibility index (Phi) is 2.32. The molecule has 1 aliphatic carbocycles. The Labute approximate surface area is 67.7 Å². The lowest BCUT2D eigenvalue weighted by Crippen LogP contribution is -2.36. The van der Waals surface area contributed by atoms with Gasteiger partial charge in [0, 0.05) is 7.05 Å². The largest absolute Gasteiger partial charge is 0.358 e. The van der Waals surface area contributed by atoms with Crippen LogP contribution in [0.1, 0.15) is 26.2 Å². The standard InChI is InChI=1S/C9H15NO/c1-9(8(11)10-2)6-4-3-5-7-9/h4,6H,3,5,7H2,1-2H3,(H,10,11). The van der Waals surface area contributed by atoms with E-state index >= 15 is 0 Å². The average molecular weight is 153 g/mol. The van der Waals surface area contributed by atoms with Crippen LogP contribution in [0.15, 0.2) is 12.2 Å². The van der Waals surface area contributed by atoms with Gasteiger partial charge in [0.05, 0.1) is 5.41 Å². The van der Waals surface area contributed by atoms with Crippen LogP contribution in [0.4, 0.5) is 0 Å². The van der Waals surface area contributed by atoms with Crippen molar-refractivity contribution in [2.24, 2.45) is 5.41 Å². The maximum absolute atomic E-state index is 11.3. The van der Waals surface area contributed by atoms with E-state index in [0.29, 0.717) is 0 Å². The fourth-order valence-corrected chi connectivity index (χ4v) is 1.49. The van der Waals surface area contributed by atoms with Gasteiger partial charge in [-0.1, -0.05) is 12.2 Å². The third-order valence-electron chi connectivity index (χ3n) is 2.30. The smallest absolute Gasteiger partial charge is 0.229 e. The third kappa shape index (κ3) is 1.62. The van der Waals surface area contributed by atoms with Crippen LogP contribution in [0.25, 0.3) is 0 Å². The molecule has 1 rings (SSSR count). The van der Waals surface area contributed by atoms with Crippen LogP contribution >= 0.6 is 0 Å². The van der Waals surface area contributed by atoms with Gasteiger partial charge in [-0.3, -0.25) is 4.79 Å². The van der Waals surface area contributed by atoms with E-state index < -0.39 is 0 Å². The molecule has 1 amide bonds. The number of nitrogens with one attached hydrogen (secondary N) is 1. The van der Waals surface area contributed by atoms with E-state index in [0.717, 1.165) is 19.3 Å². The summed E-state index contributed by atoms with van der Waals surface area (Å²) < 4.78 is 0. The lowest BCUT2D eigenvalue weighted by Gasteiger charge is -2.26. The molecule has 0 saturated heterocycles. The molecule has 0 radical (unpaired) electrons. The molecule has 0 aromatic heterocycles. The minimum atomic E-state index is -0.243. The third-order valence-corrected chi connectivity index (χ3v) is 2.30. The van der Waals surface area contributed by atoms with Gasteiger partial charge in [0.1, 0.15) is 0 Å². The Bertz CT molecular complexity index is 186. The van der Waals surface area contributed by atoms with Gasteiger partial charge >= 0.3 is 0 Å². The van der Waals surface area contributed by atoms with Gasteiger partial charge in [-0.25, -0.2) is 0 Å². The molecule has 62 valence electrons. The second-order valence-corrected chi connectivity index (χ2v) is 3.29. The SMILES string of the molecule is CNC(=O)C1(C)C=CCCC1. The summed E-state index contributed by atoms with van der Waals surface area (Å²) in [6, 6.07) is 0. The van der Waals surface area contributed by atoms with Crippen molar-refractivity contribution < 1.29 is 4.79 Å². The molecule has 1 aliphatic rings. The molecular weight excluding hydrogens is 138 g/mol. The van der Waals surface area contributed by atoms with Gasteiger partial charge in [0.2, 0.25) is 5.91 Å². The van der Waals surface area contributed by atoms with Crippen molar-refractivity contribution in [1.82, 2.24) is 5.32 Å². The van der Waals surface area contributed by atoms with Crippen molar-refractivity contribution in [3.05, 3.63) is 12.2 Å². The van der Waals surface area contributed by atoms with Gasteiger partial charge in [0.25, 0.3) is 0 Å². The lowest BCUT2D eigenvalue weighted by molar-refractivity contribution is -0.127. The molecule has 2 heteroatoms. The van der Waals surface area contributed by atoms with Crippen molar-refractivity contribution in [1.29, 1.82) is 0 Å². The highest BCUT2D eigenvalue weighted by Gasteiger charge is 2.29. The molecule has 0 bridgehead atoms. The summed E-state index contributed by atoms with van der Waals surface area (Å²) in [5.74, 6) is 0.133. The molecule has 0 aromatic carbocycles. The quantitative estimate of drug-likeness (QED) is 0.568. The number of rotatable bonds is 1. The van der Waals surface area contributed by atoms with Crippen molar-refractivity contribution in [2.75, 3.05) is 7.05 Å². The van der Waals surface area contributed by atoms with Gasteiger partial charge in [-0.05, 0) is 26.2 Å². The molecule has 2 nitrogen and oxygen atoms in total. The van der Waals surface area contributed by atoms with Gasteiger partial charge in [-0.15, -0.1) is 0 Å². The molecule has 1 unspecified atom stereocenters. The molecule has 1 atom stereocenters. The average Bonchev–Trinajstić information content (AvgIpc) is 2.04. The molecule has 1 N–H and O–H groups in total. The minimum absolute atomic E-state index is 0.133. The predicted octanol–water partition coefficient (Wildman–Crippen LogP) is 1.48. The monoisotopic (exact) mass is 153 g/mol. The first kappa shape index (κ1) is 8.31. The zero-order valence-electron chi connectivity index (χ0n) is 7.18. The fourth-order valence-electron chi connectivity index (χ4n) is 1.49. The fraction of sp³-hybridized carbons (Fsp3) is 0.667. The first-order chi connectivity index (χ1) is 5.19. The second kappa shape index (κ2) is 3.07. The van der Waals surface area contributed by atoms with Gasteiger partial charge < -0.3 is 5.32 Å². The highest BCUT2D eigenvalue weighted by atomic mass is 16.2. The van der Waals surface area contributed by atoms with Crippen LogP contribution in [0.3, 0.4) is 0 Å². The number of hydrogen-bond donors (Lipinski definition) is 1. The Morgan fingerprint density at radius 1 is 1.64 bits per heavy atom. The Morgan fingerprint density at radius 2 is 2.36 bits per heavy atom. The van der Waals surface area contributed by atoms with Crippen LogP contribution < -0.4 is 5.32 Å². The summed E-state index contributed by atoms with van der Waals surface area (Å²) in [6.45, 7) is 1.99. The number of hydrogen-bond acceptors (Lipinski definition) is 1. The summed E-state index contributed by atoms with van der Waals surface area (Å²) in [4.78, 5) is 11.3. The van der Waals surface area contributed by atoms with E-state index in [-0.39, 0.29) is 11.3 Å². The van der Waals surface area contributed by atoms with E-state index in [2.05, 4.69) is 11.4 Å². The molecule has 0 spiro atoms. The molecule has 0 heterocycles. The van der Waals surface area contributed by atoms with Gasteiger partial charge in [0.15, 0.2) is 0 Å². The molecule has 0 saturated carbocycles. The predicted molar refractivity (Wildman–Crippen MR) is 45.2 cm³/mol. The molecule has 0 aromatic rings. The molecule has 0 fully saturated rings. The Balaban J connectivity index is 2.71. The highest BCUT2D eigenvalue weighted by Crippen LogP contribution is 2.30. The summed E-state index contributed by atoms with van der Waals surface area (Å²) in [6.07, 6.45) is 7.34. The van der Waals surface area contributed by atoms with E-state index in [9.17, 15) is 4.79 Å². The summed E-state index contributed by atoms with van der Waals surface area (Å²) in [5.41, 5.74) is -0.243. The molecule has 11 heavy (non-hydrogen) atoms. The normalized spacial score (nSPS) is 30.0. The van der Waals surface area contributed by atoms with Crippen LogP contribution in [0.5, 0.6) is 0 Å². The first-order valence-corrected chi connectivity index (χ1v) is 4.09. The Hall–Kier alpha value is -0.790. The summed E-state index contributed by atoms with van der Waals surface area (Å²) >= 11 is 0. The second-order valence-electron chi connectivity index (χ2n) is 3.29. The van der Waals surface area contributed by atoms with Crippen molar-refractivity contribution >= 4 is 5.91 Å². The van der Waals surface area contributed by atoms with E-state index in [1.807, 2.05) is 13.0 Å². The minimum Gasteiger partial charge on any atom is -0.358 e. The summed E-state index contributed by atoms with van der Waals surface area (Å²) in [5, 5.41) is 2.68. The van der Waals surface area contributed by atoms with Gasteiger partial charge in [-0.2, -0.15) is 0 Å². The molecule has 0 aliphatic heterocycles. The number of carbonyl (C=O) groups excluding carboxylic acids is 1. The van der Waals surface area contributed by atoms with Crippen molar-refractivity contribution in [2.45, 2.75) is 26.2 Å². The van der Waals surface area contributed by atoms with E-state index in [1.165, 1.54) is 0 Å². The maximum Gasteiger partial charge on any atom is 0.229 e. The number of carbonyl (C=O) groups is 1. The van der Waals surface area contributed by atoms with Crippen LogP contribution in [0.2, 0.25) is 0 Å². The first-order valence-electron chi connectivity index (χ1n) is 4.09. The topological polar surface area (TPSA) is 29.1 Å². The number of allylic oxidation sites excluding steroid dienone is 1. The highest BCUT2D eigenvalue weighted by molar-refractivity contribution is 5.84. The van der Waals surface area contributed by atoms with Crippen LogP contribution in [-0.2, 0) is 4.79 Å². The summed E-state index contributed by atoms with van der Waals surface area (Å²) in [7, 11) is 1.69.